The molecule has 0 radical (unpaired) electrons. The molecule has 1 aliphatic rings. The summed E-state index contributed by atoms with van der Waals surface area (Å²) in [4.78, 5) is 15.3. The largest absolute Gasteiger partial charge is 0.391 e. The van der Waals surface area contributed by atoms with Gasteiger partial charge in [0.25, 0.3) is 5.91 Å². The standard InChI is InChI=1S/C10H13F3N4O/c11-10(12,13)6-1-3-7(4-2-6)16-9(18)8-14-5-15-17-8/h5-7H,1-4H2,(H,16,18)(H,14,15,17). The van der Waals surface area contributed by atoms with Gasteiger partial charge in [0.05, 0.1) is 5.92 Å². The molecule has 0 saturated heterocycles. The fraction of sp³-hybridized carbons (Fsp3) is 0.700. The van der Waals surface area contributed by atoms with Gasteiger partial charge in [-0.1, -0.05) is 0 Å². The Morgan fingerprint density at radius 2 is 2.00 bits per heavy atom. The fourth-order valence-electron chi connectivity index (χ4n) is 2.13. The number of carbonyl (C=O) groups is 1. The number of hydrogen-bond acceptors (Lipinski definition) is 3. The summed E-state index contributed by atoms with van der Waals surface area (Å²) in [5.74, 6) is -1.59. The maximum atomic E-state index is 12.4. The first-order valence-electron chi connectivity index (χ1n) is 5.70. The number of H-pyrrole nitrogens is 1. The van der Waals surface area contributed by atoms with Crippen molar-refractivity contribution in [3.63, 3.8) is 0 Å². The molecule has 1 aliphatic carbocycles. The highest BCUT2D eigenvalue weighted by atomic mass is 19.4. The van der Waals surface area contributed by atoms with Crippen molar-refractivity contribution in [1.29, 1.82) is 0 Å². The number of rotatable bonds is 2. The molecule has 0 spiro atoms. The van der Waals surface area contributed by atoms with Gasteiger partial charge in [0, 0.05) is 6.04 Å². The Morgan fingerprint density at radius 3 is 2.50 bits per heavy atom. The van der Waals surface area contributed by atoms with Crippen molar-refractivity contribution >= 4 is 5.91 Å². The van der Waals surface area contributed by atoms with Gasteiger partial charge in [0.2, 0.25) is 5.82 Å². The molecular formula is C10H13F3N4O. The zero-order valence-corrected chi connectivity index (χ0v) is 9.50. The van der Waals surface area contributed by atoms with Crippen LogP contribution in [0.4, 0.5) is 13.2 Å². The lowest BCUT2D eigenvalue weighted by Crippen LogP contribution is -2.40. The average molecular weight is 262 g/mol. The lowest BCUT2D eigenvalue weighted by molar-refractivity contribution is -0.182. The summed E-state index contributed by atoms with van der Waals surface area (Å²) in [5, 5.41) is 8.59. The van der Waals surface area contributed by atoms with Crippen LogP contribution in [0, 0.1) is 5.92 Å². The van der Waals surface area contributed by atoms with E-state index >= 15 is 0 Å². The zero-order valence-electron chi connectivity index (χ0n) is 9.50. The minimum absolute atomic E-state index is 0.0604. The van der Waals surface area contributed by atoms with Crippen LogP contribution in [0.25, 0.3) is 0 Å². The van der Waals surface area contributed by atoms with Crippen LogP contribution in [0.5, 0.6) is 0 Å². The number of nitrogens with one attached hydrogen (secondary N) is 2. The van der Waals surface area contributed by atoms with E-state index in [2.05, 4.69) is 20.5 Å². The molecule has 2 N–H and O–H groups in total. The first-order valence-corrected chi connectivity index (χ1v) is 5.70. The van der Waals surface area contributed by atoms with Crippen LogP contribution in [0.3, 0.4) is 0 Å². The second-order valence-corrected chi connectivity index (χ2v) is 4.40. The third kappa shape index (κ3) is 2.99. The van der Waals surface area contributed by atoms with Crippen molar-refractivity contribution < 1.29 is 18.0 Å². The lowest BCUT2D eigenvalue weighted by Gasteiger charge is -2.30. The van der Waals surface area contributed by atoms with Crippen LogP contribution in [-0.2, 0) is 0 Å². The molecule has 1 saturated carbocycles. The molecular weight excluding hydrogens is 249 g/mol. The summed E-state index contributed by atoms with van der Waals surface area (Å²) in [7, 11) is 0. The maximum absolute atomic E-state index is 12.4. The summed E-state index contributed by atoms with van der Waals surface area (Å²) >= 11 is 0. The first kappa shape index (κ1) is 12.8. The molecule has 18 heavy (non-hydrogen) atoms. The van der Waals surface area contributed by atoms with Gasteiger partial charge in [-0.2, -0.15) is 18.3 Å². The van der Waals surface area contributed by atoms with Crippen LogP contribution in [0.2, 0.25) is 0 Å². The Balaban J connectivity index is 1.82. The van der Waals surface area contributed by atoms with E-state index in [0.717, 1.165) is 0 Å². The number of amides is 1. The highest BCUT2D eigenvalue weighted by Crippen LogP contribution is 2.37. The van der Waals surface area contributed by atoms with Crippen molar-refractivity contribution in [1.82, 2.24) is 20.5 Å². The zero-order chi connectivity index (χ0) is 13.2. The van der Waals surface area contributed by atoms with Crippen molar-refractivity contribution in [3.05, 3.63) is 12.2 Å². The van der Waals surface area contributed by atoms with Crippen LogP contribution >= 0.6 is 0 Å². The van der Waals surface area contributed by atoms with Crippen molar-refractivity contribution in [2.45, 2.75) is 37.9 Å². The van der Waals surface area contributed by atoms with Crippen LogP contribution in [-0.4, -0.2) is 33.3 Å². The monoisotopic (exact) mass is 262 g/mol. The number of aromatic amines is 1. The van der Waals surface area contributed by atoms with E-state index in [0.29, 0.717) is 12.8 Å². The van der Waals surface area contributed by atoms with E-state index < -0.39 is 18.0 Å². The van der Waals surface area contributed by atoms with Gasteiger partial charge in [0.1, 0.15) is 6.33 Å². The fourth-order valence-corrected chi connectivity index (χ4v) is 2.13. The summed E-state index contributed by atoms with van der Waals surface area (Å²) in [6, 6.07) is -0.221. The maximum Gasteiger partial charge on any atom is 0.391 e. The summed E-state index contributed by atoms with van der Waals surface area (Å²) in [6.45, 7) is 0. The minimum atomic E-state index is -4.13. The molecule has 100 valence electrons. The Labute approximate surface area is 101 Å². The van der Waals surface area contributed by atoms with E-state index in [9.17, 15) is 18.0 Å². The average Bonchev–Trinajstić information content (AvgIpc) is 2.82. The molecule has 8 heteroatoms. The highest BCUT2D eigenvalue weighted by Gasteiger charge is 2.41. The second-order valence-electron chi connectivity index (χ2n) is 4.40. The molecule has 1 heterocycles. The van der Waals surface area contributed by atoms with Gasteiger partial charge < -0.3 is 5.32 Å². The van der Waals surface area contributed by atoms with E-state index in [1.807, 2.05) is 0 Å². The van der Waals surface area contributed by atoms with E-state index in [1.54, 1.807) is 0 Å². The predicted octanol–water partition coefficient (Wildman–Crippen LogP) is 1.66. The number of carbonyl (C=O) groups excluding carboxylic acids is 1. The quantitative estimate of drug-likeness (QED) is 0.851. The van der Waals surface area contributed by atoms with Crippen LogP contribution < -0.4 is 5.32 Å². The molecule has 1 aromatic rings. The molecule has 1 amide bonds. The number of halogens is 3. The van der Waals surface area contributed by atoms with E-state index in [-0.39, 0.29) is 24.7 Å². The molecule has 1 fully saturated rings. The second kappa shape index (κ2) is 4.95. The van der Waals surface area contributed by atoms with Crippen LogP contribution in [0.15, 0.2) is 6.33 Å². The minimum Gasteiger partial charge on any atom is -0.347 e. The van der Waals surface area contributed by atoms with Gasteiger partial charge in [0.15, 0.2) is 0 Å². The number of hydrogen-bond donors (Lipinski definition) is 2. The summed E-state index contributed by atoms with van der Waals surface area (Å²) in [6.07, 6.45) is -2.13. The summed E-state index contributed by atoms with van der Waals surface area (Å²) in [5.41, 5.74) is 0. The van der Waals surface area contributed by atoms with E-state index in [1.165, 1.54) is 6.33 Å². The third-order valence-electron chi connectivity index (χ3n) is 3.16. The van der Waals surface area contributed by atoms with Crippen molar-refractivity contribution in [2.75, 3.05) is 0 Å². The highest BCUT2D eigenvalue weighted by molar-refractivity contribution is 5.90. The lowest BCUT2D eigenvalue weighted by atomic mass is 9.85. The molecule has 0 aromatic carbocycles. The predicted molar refractivity (Wildman–Crippen MR) is 55.6 cm³/mol. The molecule has 0 atom stereocenters. The summed E-state index contributed by atoms with van der Waals surface area (Å²) < 4.78 is 37.3. The van der Waals surface area contributed by atoms with Gasteiger partial charge >= 0.3 is 6.18 Å². The van der Waals surface area contributed by atoms with Gasteiger partial charge in [-0.3, -0.25) is 9.89 Å². The normalized spacial score (nSPS) is 24.8. The van der Waals surface area contributed by atoms with Crippen molar-refractivity contribution in [2.24, 2.45) is 5.92 Å². The molecule has 5 nitrogen and oxygen atoms in total. The van der Waals surface area contributed by atoms with Gasteiger partial charge in [-0.15, -0.1) is 0 Å². The molecule has 2 rings (SSSR count). The SMILES string of the molecule is O=C(NC1CCC(C(F)(F)F)CC1)c1ncn[nH]1. The Bertz CT molecular complexity index is 396. The number of aromatic nitrogens is 3. The smallest absolute Gasteiger partial charge is 0.347 e. The third-order valence-corrected chi connectivity index (χ3v) is 3.16. The van der Waals surface area contributed by atoms with Crippen molar-refractivity contribution in [3.8, 4) is 0 Å². The van der Waals surface area contributed by atoms with Crippen LogP contribution in [0.1, 0.15) is 36.3 Å². The molecule has 0 bridgehead atoms. The number of alkyl halides is 3. The van der Waals surface area contributed by atoms with Gasteiger partial charge in [-0.05, 0) is 25.7 Å². The first-order chi connectivity index (χ1) is 8.47. The molecule has 0 unspecified atom stereocenters. The number of nitrogens with zero attached hydrogens (tertiary/aromatic N) is 2. The Kier molecular flexibility index (Phi) is 3.53. The topological polar surface area (TPSA) is 70.7 Å². The van der Waals surface area contributed by atoms with E-state index in [4.69, 9.17) is 0 Å². The Hall–Kier alpha value is -1.60. The van der Waals surface area contributed by atoms with Gasteiger partial charge in [-0.25, -0.2) is 4.98 Å². The Morgan fingerprint density at radius 1 is 1.33 bits per heavy atom. The molecule has 0 aliphatic heterocycles. The molecule has 1 aromatic heterocycles.